The van der Waals surface area contributed by atoms with Crippen molar-refractivity contribution < 1.29 is 8.78 Å². The Morgan fingerprint density at radius 2 is 1.73 bits per heavy atom. The molecule has 1 rings (SSSR count). The van der Waals surface area contributed by atoms with E-state index in [1.165, 1.54) is 0 Å². The lowest BCUT2D eigenvalue weighted by molar-refractivity contribution is -0.0503. The van der Waals surface area contributed by atoms with E-state index in [9.17, 15) is 8.78 Å². The molecule has 0 aromatic carbocycles. The topological polar surface area (TPSA) is 12.0 Å². The minimum atomic E-state index is -2.47. The highest BCUT2D eigenvalue weighted by Gasteiger charge is 2.34. The highest BCUT2D eigenvalue weighted by atomic mass is 35.5. The normalized spacial score (nSPS) is 21.0. The van der Waals surface area contributed by atoms with Gasteiger partial charge in [0.2, 0.25) is 5.92 Å². The van der Waals surface area contributed by atoms with E-state index in [4.69, 9.17) is 0 Å². The smallest absolute Gasteiger partial charge is 0.248 e. The average molecular weight is 186 g/mol. The molecule has 1 N–H and O–H groups in total. The summed E-state index contributed by atoms with van der Waals surface area (Å²) >= 11 is 0. The summed E-state index contributed by atoms with van der Waals surface area (Å²) in [7, 11) is 0. The fraction of sp³-hybridized carbons (Fsp3) is 1.00. The van der Waals surface area contributed by atoms with Crippen molar-refractivity contribution in [2.45, 2.75) is 25.7 Å². The predicted octanol–water partition coefficient (Wildman–Crippen LogP) is 2.06. The van der Waals surface area contributed by atoms with Crippen LogP contribution in [-0.4, -0.2) is 19.0 Å². The summed E-state index contributed by atoms with van der Waals surface area (Å²) in [6.07, 6.45) is 1.23. The molecule has 0 bridgehead atoms. The maximum atomic E-state index is 12.6. The lowest BCUT2D eigenvalue weighted by Crippen LogP contribution is -2.36. The molecule has 0 amide bonds. The fourth-order valence-corrected chi connectivity index (χ4v) is 1.33. The Labute approximate surface area is 72.0 Å². The van der Waals surface area contributed by atoms with Gasteiger partial charge in [-0.05, 0) is 32.9 Å². The number of halogens is 3. The highest BCUT2D eigenvalue weighted by molar-refractivity contribution is 5.85. The number of nitrogens with one attached hydrogen (secondary N) is 1. The number of piperidine rings is 1. The van der Waals surface area contributed by atoms with Crippen molar-refractivity contribution in [1.82, 2.24) is 5.32 Å². The molecule has 0 atom stereocenters. The predicted molar refractivity (Wildman–Crippen MR) is 43.5 cm³/mol. The molecule has 1 aliphatic heterocycles. The van der Waals surface area contributed by atoms with Crippen LogP contribution in [0.2, 0.25) is 0 Å². The molecule has 0 aromatic rings. The van der Waals surface area contributed by atoms with Crippen molar-refractivity contribution in [3.8, 4) is 0 Å². The van der Waals surface area contributed by atoms with Gasteiger partial charge >= 0.3 is 0 Å². The molecule has 1 saturated heterocycles. The Bertz CT molecular complexity index is 107. The van der Waals surface area contributed by atoms with E-state index in [1.807, 2.05) is 0 Å². The third-order valence-corrected chi connectivity index (χ3v) is 2.06. The van der Waals surface area contributed by atoms with Crippen LogP contribution < -0.4 is 5.32 Å². The van der Waals surface area contributed by atoms with Crippen molar-refractivity contribution in [1.29, 1.82) is 0 Å². The molecule has 0 saturated carbocycles. The maximum absolute atomic E-state index is 12.6. The second-order valence-corrected chi connectivity index (χ2v) is 2.98. The number of rotatable bonds is 1. The largest absolute Gasteiger partial charge is 0.317 e. The van der Waals surface area contributed by atoms with Crippen LogP contribution in [0.3, 0.4) is 0 Å². The summed E-state index contributed by atoms with van der Waals surface area (Å²) in [5.41, 5.74) is 0. The van der Waals surface area contributed by atoms with Gasteiger partial charge in [-0.2, -0.15) is 0 Å². The Hall–Kier alpha value is 0.110. The van der Waals surface area contributed by atoms with E-state index in [-0.39, 0.29) is 12.4 Å². The average Bonchev–Trinajstić information content (AvgIpc) is 1.88. The van der Waals surface area contributed by atoms with E-state index in [1.54, 1.807) is 0 Å². The van der Waals surface area contributed by atoms with Crippen LogP contribution in [0.25, 0.3) is 0 Å². The van der Waals surface area contributed by atoms with Crippen LogP contribution in [-0.2, 0) is 0 Å². The van der Waals surface area contributed by atoms with Gasteiger partial charge in [-0.1, -0.05) is 0 Å². The Morgan fingerprint density at radius 3 is 2.00 bits per heavy atom. The summed E-state index contributed by atoms with van der Waals surface area (Å²) in [6, 6.07) is 0. The van der Waals surface area contributed by atoms with Gasteiger partial charge in [0.15, 0.2) is 0 Å². The zero-order valence-electron chi connectivity index (χ0n) is 6.57. The van der Waals surface area contributed by atoms with Crippen molar-refractivity contribution in [2.24, 2.45) is 5.92 Å². The third kappa shape index (κ3) is 3.34. The third-order valence-electron chi connectivity index (χ3n) is 2.06. The first-order chi connectivity index (χ1) is 4.61. The van der Waals surface area contributed by atoms with Crippen molar-refractivity contribution in [2.75, 3.05) is 13.1 Å². The number of hydrogen-bond donors (Lipinski definition) is 1. The maximum Gasteiger partial charge on any atom is 0.248 e. The minimum Gasteiger partial charge on any atom is -0.317 e. The fourth-order valence-electron chi connectivity index (χ4n) is 1.33. The molecule has 11 heavy (non-hydrogen) atoms. The van der Waals surface area contributed by atoms with Gasteiger partial charge in [-0.15, -0.1) is 12.4 Å². The van der Waals surface area contributed by atoms with Crippen LogP contribution in [0.5, 0.6) is 0 Å². The van der Waals surface area contributed by atoms with E-state index in [0.29, 0.717) is 12.8 Å². The van der Waals surface area contributed by atoms with Crippen LogP contribution in [0.4, 0.5) is 8.78 Å². The molecule has 0 spiro atoms. The van der Waals surface area contributed by atoms with Crippen LogP contribution in [0.15, 0.2) is 0 Å². The first kappa shape index (κ1) is 11.1. The Morgan fingerprint density at radius 1 is 1.27 bits per heavy atom. The van der Waals surface area contributed by atoms with Gasteiger partial charge in [-0.25, -0.2) is 8.78 Å². The second-order valence-electron chi connectivity index (χ2n) is 2.98. The molecule has 1 aliphatic rings. The van der Waals surface area contributed by atoms with Crippen molar-refractivity contribution in [3.63, 3.8) is 0 Å². The summed E-state index contributed by atoms with van der Waals surface area (Å²) in [4.78, 5) is 0. The molecule has 0 aliphatic carbocycles. The van der Waals surface area contributed by atoms with E-state index >= 15 is 0 Å². The lowest BCUT2D eigenvalue weighted by atomic mass is 9.92. The molecule has 4 heteroatoms. The Kier molecular flexibility index (Phi) is 4.26. The molecule has 0 unspecified atom stereocenters. The highest BCUT2D eigenvalue weighted by Crippen LogP contribution is 2.30. The molecule has 1 fully saturated rings. The molecule has 0 radical (unpaired) electrons. The van der Waals surface area contributed by atoms with Crippen LogP contribution >= 0.6 is 12.4 Å². The standard InChI is InChI=1S/C7H13F2N.ClH/c1-7(8,9)6-2-4-10-5-3-6;/h6,10H,2-5H2,1H3;1H. The van der Waals surface area contributed by atoms with Gasteiger partial charge in [0, 0.05) is 5.92 Å². The first-order valence-corrected chi connectivity index (χ1v) is 3.69. The van der Waals surface area contributed by atoms with E-state index in [0.717, 1.165) is 20.0 Å². The van der Waals surface area contributed by atoms with E-state index < -0.39 is 11.8 Å². The van der Waals surface area contributed by atoms with Crippen LogP contribution in [0.1, 0.15) is 19.8 Å². The van der Waals surface area contributed by atoms with E-state index in [2.05, 4.69) is 5.32 Å². The molecule has 0 aromatic heterocycles. The molecule has 1 nitrogen and oxygen atoms in total. The zero-order chi connectivity index (χ0) is 7.61. The summed E-state index contributed by atoms with van der Waals surface area (Å²) in [6.45, 7) is 2.51. The van der Waals surface area contributed by atoms with Gasteiger partial charge < -0.3 is 5.32 Å². The minimum absolute atomic E-state index is 0. The zero-order valence-corrected chi connectivity index (χ0v) is 7.39. The monoisotopic (exact) mass is 185 g/mol. The van der Waals surface area contributed by atoms with Gasteiger partial charge in [0.1, 0.15) is 0 Å². The van der Waals surface area contributed by atoms with Crippen LogP contribution in [0, 0.1) is 5.92 Å². The summed E-state index contributed by atoms with van der Waals surface area (Å²) in [5, 5.41) is 3.05. The summed E-state index contributed by atoms with van der Waals surface area (Å²) in [5.74, 6) is -2.86. The molecular weight excluding hydrogens is 172 g/mol. The quantitative estimate of drug-likeness (QED) is 0.660. The first-order valence-electron chi connectivity index (χ1n) is 3.69. The number of alkyl halides is 2. The van der Waals surface area contributed by atoms with Crippen molar-refractivity contribution in [3.05, 3.63) is 0 Å². The second kappa shape index (κ2) is 4.21. The van der Waals surface area contributed by atoms with Gasteiger partial charge in [-0.3, -0.25) is 0 Å². The Balaban J connectivity index is 0.000001000. The molecule has 68 valence electrons. The summed E-state index contributed by atoms with van der Waals surface area (Å²) < 4.78 is 25.2. The van der Waals surface area contributed by atoms with Gasteiger partial charge in [0.05, 0.1) is 0 Å². The van der Waals surface area contributed by atoms with Crippen molar-refractivity contribution >= 4 is 12.4 Å². The number of hydrogen-bond acceptors (Lipinski definition) is 1. The SMILES string of the molecule is CC(F)(F)C1CCNCC1.Cl. The van der Waals surface area contributed by atoms with Gasteiger partial charge in [0.25, 0.3) is 0 Å². The lowest BCUT2D eigenvalue weighted by Gasteiger charge is -2.27. The molecular formula is C7H14ClF2N. The molecule has 1 heterocycles.